The van der Waals surface area contributed by atoms with Crippen LogP contribution in [0.1, 0.15) is 62.0 Å². The largest absolute Gasteiger partial charge is 0.481 e. The second kappa shape index (κ2) is 11.3. The van der Waals surface area contributed by atoms with Crippen LogP contribution in [0.15, 0.2) is 63.4 Å². The summed E-state index contributed by atoms with van der Waals surface area (Å²) in [5.41, 5.74) is 0.175. The lowest BCUT2D eigenvalue weighted by molar-refractivity contribution is -0.385. The fourth-order valence-electron chi connectivity index (χ4n) is 5.88. The molecule has 3 aliphatic rings. The molecule has 9 nitrogen and oxygen atoms in total. The number of rotatable bonds is 7. The van der Waals surface area contributed by atoms with Gasteiger partial charge in [0.05, 0.1) is 16.9 Å². The molecule has 0 amide bonds. The third kappa shape index (κ3) is 5.57. The molecule has 0 spiro atoms. The zero-order valence-corrected chi connectivity index (χ0v) is 23.6. The molecule has 1 aliphatic heterocycles. The van der Waals surface area contributed by atoms with Crippen molar-refractivity contribution in [3.63, 3.8) is 0 Å². The molecule has 5 rings (SSSR count). The van der Waals surface area contributed by atoms with Crippen LogP contribution in [0, 0.1) is 10.1 Å². The van der Waals surface area contributed by atoms with Crippen LogP contribution >= 0.6 is 15.9 Å². The molecular weight excluding hydrogens is 625 g/mol. The minimum Gasteiger partial charge on any atom is -0.481 e. The highest BCUT2D eigenvalue weighted by Crippen LogP contribution is 2.52. The Labute approximate surface area is 245 Å². The van der Waals surface area contributed by atoms with Crippen LogP contribution in [0.4, 0.5) is 18.9 Å². The molecule has 0 bridgehead atoms. The molecule has 0 atom stereocenters. The van der Waals surface area contributed by atoms with Crippen molar-refractivity contribution in [3.8, 4) is 11.5 Å². The number of carboxylic acids is 1. The molecule has 1 N–H and O–H groups in total. The molecule has 220 valence electrons. The van der Waals surface area contributed by atoms with Gasteiger partial charge in [-0.05, 0) is 56.0 Å². The van der Waals surface area contributed by atoms with Crippen molar-refractivity contribution in [1.82, 2.24) is 4.90 Å². The Balaban J connectivity index is 1.69. The lowest BCUT2D eigenvalue weighted by Gasteiger charge is -2.44. The van der Waals surface area contributed by atoms with Crippen LogP contribution in [-0.4, -0.2) is 39.0 Å². The Morgan fingerprint density at radius 1 is 1.00 bits per heavy atom. The van der Waals surface area contributed by atoms with Crippen molar-refractivity contribution in [1.29, 1.82) is 0 Å². The van der Waals surface area contributed by atoms with E-state index in [9.17, 15) is 42.8 Å². The Kier molecular flexibility index (Phi) is 7.97. The first kappa shape index (κ1) is 29.5. The number of carbonyl (C=O) groups excluding carboxylic acids is 2. The summed E-state index contributed by atoms with van der Waals surface area (Å²) in [5, 5.41) is 21.1. The Hall–Kier alpha value is -4.00. The van der Waals surface area contributed by atoms with Crippen molar-refractivity contribution in [2.75, 3.05) is 6.54 Å². The fourth-order valence-corrected chi connectivity index (χ4v) is 6.26. The maximum atomic E-state index is 13.5. The van der Waals surface area contributed by atoms with E-state index in [-0.39, 0.29) is 43.1 Å². The van der Waals surface area contributed by atoms with Crippen molar-refractivity contribution >= 4 is 39.2 Å². The van der Waals surface area contributed by atoms with Crippen molar-refractivity contribution in [2.45, 2.75) is 57.0 Å². The van der Waals surface area contributed by atoms with E-state index in [1.165, 1.54) is 6.07 Å². The standard InChI is InChI=1S/C29H24BrF3N2O7/c30-16-8-10-23(42-24-9-7-15(29(31,32)33)13-20(24)35(40)41)17(14-16)26-27-18(3-1-5-21(27)36)34(12-11-25(38)39)19-4-2-6-22(37)28(19)26/h7-10,13-14,26H,1-6,11-12H2,(H,38,39). The van der Waals surface area contributed by atoms with E-state index in [0.717, 1.165) is 6.07 Å². The number of hydrogen-bond donors (Lipinski definition) is 1. The predicted octanol–water partition coefficient (Wildman–Crippen LogP) is 7.06. The summed E-state index contributed by atoms with van der Waals surface area (Å²) >= 11 is 3.41. The zero-order valence-electron chi connectivity index (χ0n) is 22.0. The van der Waals surface area contributed by atoms with E-state index in [4.69, 9.17) is 4.74 Å². The number of ketones is 2. The smallest absolute Gasteiger partial charge is 0.416 e. The second-order valence-corrected chi connectivity index (χ2v) is 11.1. The average Bonchev–Trinajstić information content (AvgIpc) is 2.92. The minimum atomic E-state index is -4.81. The van der Waals surface area contributed by atoms with Crippen molar-refractivity contribution < 1.29 is 42.3 Å². The van der Waals surface area contributed by atoms with Gasteiger partial charge in [0.25, 0.3) is 0 Å². The molecule has 1 heterocycles. The van der Waals surface area contributed by atoms with E-state index >= 15 is 0 Å². The molecule has 0 unspecified atom stereocenters. The normalized spacial score (nSPS) is 17.8. The zero-order chi connectivity index (χ0) is 30.3. The van der Waals surface area contributed by atoms with Crippen LogP contribution in [-0.2, 0) is 20.6 Å². The lowest BCUT2D eigenvalue weighted by Crippen LogP contribution is -2.40. The number of Topliss-reactive ketones (excluding diaryl/α,β-unsaturated/α-hetero) is 2. The third-order valence-electron chi connectivity index (χ3n) is 7.62. The SMILES string of the molecule is O=C(O)CCN1C2=C(C(=O)CCC2)C(c2cc(Br)ccc2Oc2ccc(C(F)(F)F)cc2[N+](=O)[O-])C2=C1CCCC2=O. The van der Waals surface area contributed by atoms with E-state index in [0.29, 0.717) is 70.4 Å². The predicted molar refractivity (Wildman–Crippen MR) is 146 cm³/mol. The van der Waals surface area contributed by atoms with Gasteiger partial charge in [0.15, 0.2) is 11.6 Å². The molecular formula is C29H24BrF3N2O7. The van der Waals surface area contributed by atoms with Gasteiger partial charge in [0.1, 0.15) is 5.75 Å². The number of aliphatic carboxylic acids is 1. The molecule has 2 aromatic carbocycles. The van der Waals surface area contributed by atoms with Crippen LogP contribution < -0.4 is 4.74 Å². The number of halogens is 4. The minimum absolute atomic E-state index is 0.0282. The first-order chi connectivity index (χ1) is 19.9. The van der Waals surface area contributed by atoms with Crippen LogP contribution in [0.5, 0.6) is 11.5 Å². The highest BCUT2D eigenvalue weighted by molar-refractivity contribution is 9.10. The van der Waals surface area contributed by atoms with Crippen LogP contribution in [0.25, 0.3) is 0 Å². The first-order valence-electron chi connectivity index (χ1n) is 13.2. The summed E-state index contributed by atoms with van der Waals surface area (Å²) in [7, 11) is 0. The summed E-state index contributed by atoms with van der Waals surface area (Å²) in [5.74, 6) is -2.76. The third-order valence-corrected chi connectivity index (χ3v) is 8.11. The highest BCUT2D eigenvalue weighted by atomic mass is 79.9. The Morgan fingerprint density at radius 2 is 1.60 bits per heavy atom. The number of allylic oxidation sites excluding steroid dienone is 4. The Morgan fingerprint density at radius 3 is 2.14 bits per heavy atom. The summed E-state index contributed by atoms with van der Waals surface area (Å²) in [6.45, 7) is 0.0832. The van der Waals surface area contributed by atoms with Crippen molar-refractivity contribution in [3.05, 3.63) is 84.7 Å². The molecule has 0 aromatic heterocycles. The molecule has 0 saturated carbocycles. The molecule has 0 radical (unpaired) electrons. The van der Waals surface area contributed by atoms with Gasteiger partial charge in [0.2, 0.25) is 5.75 Å². The summed E-state index contributed by atoms with van der Waals surface area (Å²) in [6.07, 6.45) is -2.53. The molecule has 0 saturated heterocycles. The first-order valence-corrected chi connectivity index (χ1v) is 14.0. The summed E-state index contributed by atoms with van der Waals surface area (Å²) in [6, 6.07) is 6.62. The van der Waals surface area contributed by atoms with E-state index in [1.54, 1.807) is 17.0 Å². The van der Waals surface area contributed by atoms with Crippen LogP contribution in [0.2, 0.25) is 0 Å². The maximum Gasteiger partial charge on any atom is 0.416 e. The molecule has 2 aliphatic carbocycles. The number of nitro benzene ring substituents is 1. The highest BCUT2D eigenvalue weighted by Gasteiger charge is 2.44. The van der Waals surface area contributed by atoms with Gasteiger partial charge in [-0.15, -0.1) is 0 Å². The molecule has 0 fully saturated rings. The van der Waals surface area contributed by atoms with Gasteiger partial charge < -0.3 is 14.7 Å². The van der Waals surface area contributed by atoms with E-state index < -0.39 is 40.0 Å². The van der Waals surface area contributed by atoms with Gasteiger partial charge in [-0.2, -0.15) is 13.2 Å². The quantitative estimate of drug-likeness (QED) is 0.250. The topological polar surface area (TPSA) is 127 Å². The lowest BCUT2D eigenvalue weighted by atomic mass is 9.70. The number of alkyl halides is 3. The summed E-state index contributed by atoms with van der Waals surface area (Å²) < 4.78 is 46.3. The number of nitrogens with zero attached hydrogens (tertiary/aromatic N) is 2. The monoisotopic (exact) mass is 648 g/mol. The van der Waals surface area contributed by atoms with Gasteiger partial charge in [-0.1, -0.05) is 15.9 Å². The van der Waals surface area contributed by atoms with Gasteiger partial charge in [0, 0.05) is 63.9 Å². The molecule has 13 heteroatoms. The molecule has 2 aromatic rings. The number of carboxylic acid groups (broad SMARTS) is 1. The van der Waals surface area contributed by atoms with Gasteiger partial charge in [-0.3, -0.25) is 24.5 Å². The Bertz CT molecular complexity index is 1540. The number of hydrogen-bond acceptors (Lipinski definition) is 7. The van der Waals surface area contributed by atoms with E-state index in [2.05, 4.69) is 15.9 Å². The maximum absolute atomic E-state index is 13.5. The van der Waals surface area contributed by atoms with Crippen LogP contribution in [0.3, 0.4) is 0 Å². The van der Waals surface area contributed by atoms with Gasteiger partial charge in [-0.25, -0.2) is 0 Å². The summed E-state index contributed by atoms with van der Waals surface area (Å²) in [4.78, 5) is 51.1. The molecule has 42 heavy (non-hydrogen) atoms. The second-order valence-electron chi connectivity index (χ2n) is 10.2. The number of nitro groups is 1. The number of carbonyl (C=O) groups is 3. The van der Waals surface area contributed by atoms with Crippen molar-refractivity contribution in [2.24, 2.45) is 0 Å². The van der Waals surface area contributed by atoms with E-state index in [1.807, 2.05) is 0 Å². The number of benzene rings is 2. The van der Waals surface area contributed by atoms with Gasteiger partial charge >= 0.3 is 17.8 Å². The average molecular weight is 649 g/mol. The number of ether oxygens (including phenoxy) is 1. The fraction of sp³-hybridized carbons (Fsp3) is 0.345.